The van der Waals surface area contributed by atoms with Gasteiger partial charge in [-0.1, -0.05) is 11.6 Å². The van der Waals surface area contributed by atoms with Crippen molar-refractivity contribution in [2.45, 2.75) is 13.0 Å². The lowest BCUT2D eigenvalue weighted by Gasteiger charge is -2.12. The highest BCUT2D eigenvalue weighted by Crippen LogP contribution is 2.25. The maximum absolute atomic E-state index is 5.80. The number of rotatable bonds is 3. The van der Waals surface area contributed by atoms with Gasteiger partial charge in [-0.05, 0) is 28.9 Å². The summed E-state index contributed by atoms with van der Waals surface area (Å²) in [5, 5.41) is 10.4. The number of nitrogens with one attached hydrogen (secondary N) is 2. The Hall–Kier alpha value is -1.14. The minimum absolute atomic E-state index is 0.00697. The van der Waals surface area contributed by atoms with Crippen LogP contribution in [0.2, 0.25) is 5.02 Å². The first-order valence-electron chi connectivity index (χ1n) is 4.59. The second-order valence-electron chi connectivity index (χ2n) is 3.22. The zero-order valence-electron chi connectivity index (χ0n) is 8.41. The number of H-pyrrole nitrogens is 1. The molecule has 0 fully saturated rings. The number of aromatic nitrogens is 4. The summed E-state index contributed by atoms with van der Waals surface area (Å²) < 4.78 is 0.811. The zero-order valence-corrected chi connectivity index (χ0v) is 10.7. The van der Waals surface area contributed by atoms with E-state index in [0.717, 1.165) is 10.3 Å². The second-order valence-corrected chi connectivity index (χ2v) is 4.51. The van der Waals surface area contributed by atoms with Gasteiger partial charge in [-0.25, -0.2) is 9.97 Å². The third kappa shape index (κ3) is 2.51. The summed E-state index contributed by atoms with van der Waals surface area (Å²) in [6, 6.07) is 1.77. The molecule has 0 aliphatic carbocycles. The predicted molar refractivity (Wildman–Crippen MR) is 65.4 cm³/mol. The minimum atomic E-state index is -0.00697. The summed E-state index contributed by atoms with van der Waals surface area (Å²) in [6.07, 6.45) is 3.06. The molecule has 0 spiro atoms. The largest absolute Gasteiger partial charge is 0.359 e. The maximum atomic E-state index is 5.80. The molecule has 84 valence electrons. The van der Waals surface area contributed by atoms with Crippen LogP contribution in [0.15, 0.2) is 23.1 Å². The van der Waals surface area contributed by atoms with Gasteiger partial charge in [0.05, 0.1) is 15.5 Å². The van der Waals surface area contributed by atoms with E-state index in [1.54, 1.807) is 12.3 Å². The molecule has 0 aliphatic rings. The number of hydrogen-bond acceptors (Lipinski definition) is 4. The van der Waals surface area contributed by atoms with E-state index in [2.05, 4.69) is 41.4 Å². The molecule has 0 saturated carbocycles. The smallest absolute Gasteiger partial charge is 0.146 e. The first-order chi connectivity index (χ1) is 7.66. The van der Waals surface area contributed by atoms with Gasteiger partial charge >= 0.3 is 0 Å². The molecule has 0 bridgehead atoms. The van der Waals surface area contributed by atoms with Gasteiger partial charge in [-0.2, -0.15) is 5.10 Å². The summed E-state index contributed by atoms with van der Waals surface area (Å²) in [7, 11) is 0. The van der Waals surface area contributed by atoms with Crippen molar-refractivity contribution in [3.05, 3.63) is 33.9 Å². The first-order valence-corrected chi connectivity index (χ1v) is 5.77. The molecule has 2 aromatic heterocycles. The summed E-state index contributed by atoms with van der Waals surface area (Å²) in [5.74, 6) is 1.47. The third-order valence-corrected chi connectivity index (χ3v) is 2.82. The molecule has 0 amide bonds. The number of anilines is 1. The molecular formula is C9H9BrClN5. The van der Waals surface area contributed by atoms with E-state index >= 15 is 0 Å². The molecule has 1 unspecified atom stereocenters. The van der Waals surface area contributed by atoms with Gasteiger partial charge in [0.2, 0.25) is 0 Å². The lowest BCUT2D eigenvalue weighted by atomic mass is 10.3. The molecule has 0 radical (unpaired) electrons. The van der Waals surface area contributed by atoms with Gasteiger partial charge in [-0.15, -0.1) is 0 Å². The third-order valence-electron chi connectivity index (χ3n) is 2.00. The highest BCUT2D eigenvalue weighted by atomic mass is 79.9. The van der Waals surface area contributed by atoms with Crippen molar-refractivity contribution in [2.75, 3.05) is 5.32 Å². The van der Waals surface area contributed by atoms with Gasteiger partial charge < -0.3 is 5.32 Å². The van der Waals surface area contributed by atoms with Gasteiger partial charge in [-0.3, -0.25) is 5.10 Å². The maximum Gasteiger partial charge on any atom is 0.146 e. The van der Waals surface area contributed by atoms with Crippen molar-refractivity contribution in [1.29, 1.82) is 0 Å². The van der Waals surface area contributed by atoms with Crippen LogP contribution in [-0.2, 0) is 0 Å². The van der Waals surface area contributed by atoms with Crippen molar-refractivity contribution < 1.29 is 0 Å². The number of aromatic amines is 1. The van der Waals surface area contributed by atoms with Crippen molar-refractivity contribution in [3.8, 4) is 0 Å². The molecular weight excluding hydrogens is 293 g/mol. The molecule has 1 atom stereocenters. The SMILES string of the molecule is CC(Nc1ncc(Cl)cc1Br)c1ncn[nH]1. The van der Waals surface area contributed by atoms with Crippen molar-refractivity contribution in [2.24, 2.45) is 0 Å². The normalized spacial score (nSPS) is 12.4. The van der Waals surface area contributed by atoms with Crippen LogP contribution in [0.5, 0.6) is 0 Å². The van der Waals surface area contributed by atoms with E-state index in [1.807, 2.05) is 6.92 Å². The number of halogens is 2. The molecule has 2 aromatic rings. The van der Waals surface area contributed by atoms with Gasteiger partial charge in [0, 0.05) is 6.20 Å². The van der Waals surface area contributed by atoms with Crippen LogP contribution >= 0.6 is 27.5 Å². The zero-order chi connectivity index (χ0) is 11.5. The lowest BCUT2D eigenvalue weighted by Crippen LogP contribution is -2.10. The van der Waals surface area contributed by atoms with Crippen LogP contribution in [0.3, 0.4) is 0 Å². The monoisotopic (exact) mass is 301 g/mol. The summed E-state index contributed by atoms with van der Waals surface area (Å²) in [5.41, 5.74) is 0. The van der Waals surface area contributed by atoms with Gasteiger partial charge in [0.25, 0.3) is 0 Å². The molecule has 0 aliphatic heterocycles. The molecule has 0 saturated heterocycles. The Balaban J connectivity index is 2.15. The fraction of sp³-hybridized carbons (Fsp3) is 0.222. The van der Waals surface area contributed by atoms with Crippen LogP contribution < -0.4 is 5.32 Å². The quantitative estimate of drug-likeness (QED) is 0.915. The van der Waals surface area contributed by atoms with E-state index < -0.39 is 0 Å². The van der Waals surface area contributed by atoms with Crippen LogP contribution in [-0.4, -0.2) is 20.2 Å². The van der Waals surface area contributed by atoms with Crippen LogP contribution in [0.1, 0.15) is 18.8 Å². The first kappa shape index (κ1) is 11.3. The van der Waals surface area contributed by atoms with E-state index in [-0.39, 0.29) is 6.04 Å². The Morgan fingerprint density at radius 1 is 1.50 bits per heavy atom. The van der Waals surface area contributed by atoms with Crippen LogP contribution in [0, 0.1) is 0 Å². The molecule has 2 rings (SSSR count). The average molecular weight is 303 g/mol. The van der Waals surface area contributed by atoms with E-state index in [4.69, 9.17) is 11.6 Å². The Labute approximate surface area is 106 Å². The van der Waals surface area contributed by atoms with Crippen LogP contribution in [0.4, 0.5) is 5.82 Å². The summed E-state index contributed by atoms with van der Waals surface area (Å²) in [6.45, 7) is 1.96. The highest BCUT2D eigenvalue weighted by Gasteiger charge is 2.10. The Kier molecular flexibility index (Phi) is 3.40. The standard InChI is InChI=1S/C9H9BrClN5/c1-5(8-13-4-14-16-8)15-9-7(10)2-6(11)3-12-9/h2-5H,1H3,(H,12,15)(H,13,14,16). The fourth-order valence-corrected chi connectivity index (χ4v) is 1.97. The van der Waals surface area contributed by atoms with Crippen molar-refractivity contribution >= 4 is 33.3 Å². The Morgan fingerprint density at radius 2 is 2.31 bits per heavy atom. The molecule has 0 aromatic carbocycles. The van der Waals surface area contributed by atoms with Crippen molar-refractivity contribution in [1.82, 2.24) is 20.2 Å². The lowest BCUT2D eigenvalue weighted by molar-refractivity contribution is 0.789. The molecule has 5 nitrogen and oxygen atoms in total. The molecule has 16 heavy (non-hydrogen) atoms. The second kappa shape index (κ2) is 4.80. The summed E-state index contributed by atoms with van der Waals surface area (Å²) >= 11 is 9.19. The number of hydrogen-bond donors (Lipinski definition) is 2. The van der Waals surface area contributed by atoms with Crippen LogP contribution in [0.25, 0.3) is 0 Å². The van der Waals surface area contributed by atoms with Gasteiger partial charge in [0.1, 0.15) is 18.0 Å². The van der Waals surface area contributed by atoms with Gasteiger partial charge in [0.15, 0.2) is 0 Å². The Morgan fingerprint density at radius 3 is 2.94 bits per heavy atom. The van der Waals surface area contributed by atoms with Crippen molar-refractivity contribution in [3.63, 3.8) is 0 Å². The fourth-order valence-electron chi connectivity index (χ4n) is 1.22. The number of nitrogens with zero attached hydrogens (tertiary/aromatic N) is 3. The van der Waals surface area contributed by atoms with E-state index in [0.29, 0.717) is 10.8 Å². The minimum Gasteiger partial charge on any atom is -0.359 e. The Bertz CT molecular complexity index is 473. The molecule has 2 heterocycles. The predicted octanol–water partition coefficient (Wildman–Crippen LogP) is 2.79. The average Bonchev–Trinajstić information content (AvgIpc) is 2.75. The van der Waals surface area contributed by atoms with E-state index in [9.17, 15) is 0 Å². The molecule has 7 heteroatoms. The summed E-state index contributed by atoms with van der Waals surface area (Å²) in [4.78, 5) is 8.24. The number of pyridine rings is 1. The highest BCUT2D eigenvalue weighted by molar-refractivity contribution is 9.10. The van der Waals surface area contributed by atoms with E-state index in [1.165, 1.54) is 6.33 Å². The molecule has 2 N–H and O–H groups in total. The topological polar surface area (TPSA) is 66.5 Å².